The molecule has 1 aliphatic rings. The summed E-state index contributed by atoms with van der Waals surface area (Å²) in [5, 5.41) is 8.42. The lowest BCUT2D eigenvalue weighted by Crippen LogP contribution is -2.31. The van der Waals surface area contributed by atoms with Crippen LogP contribution in [0.4, 0.5) is 0 Å². The monoisotopic (exact) mass is 299 g/mol. The van der Waals surface area contributed by atoms with Crippen molar-refractivity contribution in [1.82, 2.24) is 0 Å². The fourth-order valence-corrected chi connectivity index (χ4v) is 4.83. The first kappa shape index (κ1) is 14.8. The van der Waals surface area contributed by atoms with Gasteiger partial charge in [-0.1, -0.05) is 12.1 Å². The first-order valence-electron chi connectivity index (χ1n) is 6.05. The van der Waals surface area contributed by atoms with Gasteiger partial charge in [0.25, 0.3) is 0 Å². The number of ether oxygens (including phenoxy) is 1. The summed E-state index contributed by atoms with van der Waals surface area (Å²) in [7, 11) is -1.98. The highest BCUT2D eigenvalue weighted by molar-refractivity contribution is 7.91. The van der Waals surface area contributed by atoms with Crippen LogP contribution in [-0.4, -0.2) is 44.7 Å². The van der Waals surface area contributed by atoms with Gasteiger partial charge in [0.15, 0.2) is 9.84 Å². The summed E-state index contributed by atoms with van der Waals surface area (Å²) in [6, 6.07) is 6.72. The maximum atomic E-state index is 11.8. The molecule has 1 saturated carbocycles. The second-order valence-electron chi connectivity index (χ2n) is 5.05. The van der Waals surface area contributed by atoms with Crippen molar-refractivity contribution in [3.8, 4) is 5.75 Å². The lowest BCUT2D eigenvalue weighted by molar-refractivity contribution is -0.143. The molecule has 1 aromatic carbocycles. The molecule has 0 aromatic heterocycles. The van der Waals surface area contributed by atoms with Crippen LogP contribution in [0.3, 0.4) is 0 Å². The summed E-state index contributed by atoms with van der Waals surface area (Å²) in [6.45, 7) is -0.212. The van der Waals surface area contributed by atoms with E-state index in [4.69, 9.17) is 10.5 Å². The minimum absolute atomic E-state index is 0.212. The molecule has 3 atom stereocenters. The van der Waals surface area contributed by atoms with Gasteiger partial charge in [-0.05, 0) is 17.7 Å². The highest BCUT2D eigenvalue weighted by Crippen LogP contribution is 2.62. The van der Waals surface area contributed by atoms with Crippen LogP contribution in [0.5, 0.6) is 5.75 Å². The molecule has 0 aliphatic heterocycles. The standard InChI is InChI=1S/C13H17NO5S/c1-19-9-5-3-8(4-6-9)10-11(20(2,17)18)13(10,7-14)12(15)16/h3-6,10-11H,7,14H2,1-2H3,(H,15,16)/t10-,11+,13-/m1/s1. The van der Waals surface area contributed by atoms with E-state index in [-0.39, 0.29) is 6.54 Å². The summed E-state index contributed by atoms with van der Waals surface area (Å²) < 4.78 is 28.7. The summed E-state index contributed by atoms with van der Waals surface area (Å²) in [6.07, 6.45) is 1.05. The molecule has 0 bridgehead atoms. The Morgan fingerprint density at radius 2 is 1.95 bits per heavy atom. The second-order valence-corrected chi connectivity index (χ2v) is 7.22. The number of sulfone groups is 1. The first-order valence-corrected chi connectivity index (χ1v) is 8.00. The molecule has 0 heterocycles. The molecule has 1 aromatic rings. The van der Waals surface area contributed by atoms with Crippen LogP contribution in [-0.2, 0) is 14.6 Å². The molecule has 3 N–H and O–H groups in total. The van der Waals surface area contributed by atoms with E-state index in [0.717, 1.165) is 6.26 Å². The molecule has 20 heavy (non-hydrogen) atoms. The number of rotatable bonds is 5. The highest BCUT2D eigenvalue weighted by Gasteiger charge is 2.74. The topological polar surface area (TPSA) is 107 Å². The van der Waals surface area contributed by atoms with Crippen LogP contribution in [0.1, 0.15) is 11.5 Å². The Balaban J connectivity index is 2.46. The summed E-state index contributed by atoms with van der Waals surface area (Å²) in [5.41, 5.74) is 4.79. The number of carbonyl (C=O) groups is 1. The maximum Gasteiger partial charge on any atom is 0.312 e. The van der Waals surface area contributed by atoms with Crippen molar-refractivity contribution in [3.05, 3.63) is 29.8 Å². The number of methoxy groups -OCH3 is 1. The molecular weight excluding hydrogens is 282 g/mol. The Kier molecular flexibility index (Phi) is 3.51. The van der Waals surface area contributed by atoms with E-state index in [0.29, 0.717) is 11.3 Å². The van der Waals surface area contributed by atoms with Gasteiger partial charge >= 0.3 is 5.97 Å². The van der Waals surface area contributed by atoms with Crippen molar-refractivity contribution in [2.75, 3.05) is 19.9 Å². The predicted molar refractivity (Wildman–Crippen MR) is 73.5 cm³/mol. The van der Waals surface area contributed by atoms with Crippen molar-refractivity contribution < 1.29 is 23.1 Å². The molecule has 1 aliphatic carbocycles. The number of carboxylic acids is 1. The smallest absolute Gasteiger partial charge is 0.312 e. The Bertz CT molecular complexity index is 625. The van der Waals surface area contributed by atoms with E-state index < -0.39 is 32.4 Å². The van der Waals surface area contributed by atoms with E-state index in [1.165, 1.54) is 7.11 Å². The predicted octanol–water partition coefficient (Wildman–Crippen LogP) is 0.235. The first-order chi connectivity index (χ1) is 9.29. The fraction of sp³-hybridized carbons (Fsp3) is 0.462. The van der Waals surface area contributed by atoms with E-state index in [9.17, 15) is 18.3 Å². The quantitative estimate of drug-likeness (QED) is 0.806. The third-order valence-electron chi connectivity index (χ3n) is 3.93. The van der Waals surface area contributed by atoms with Gasteiger partial charge in [-0.2, -0.15) is 0 Å². The summed E-state index contributed by atoms with van der Waals surface area (Å²) in [5.74, 6) is -1.17. The lowest BCUT2D eigenvalue weighted by Gasteiger charge is -2.09. The zero-order chi connectivity index (χ0) is 15.1. The van der Waals surface area contributed by atoms with Gasteiger partial charge in [-0.15, -0.1) is 0 Å². The van der Waals surface area contributed by atoms with Crippen molar-refractivity contribution >= 4 is 15.8 Å². The molecule has 6 nitrogen and oxygen atoms in total. The third-order valence-corrected chi connectivity index (χ3v) is 5.54. The SMILES string of the molecule is COc1ccc([C@@H]2[C@H](S(C)(=O)=O)[C@]2(CN)C(=O)O)cc1. The van der Waals surface area contributed by atoms with Crippen molar-refractivity contribution in [2.45, 2.75) is 11.2 Å². The van der Waals surface area contributed by atoms with Gasteiger partial charge in [0.05, 0.1) is 12.4 Å². The van der Waals surface area contributed by atoms with Crippen LogP contribution in [0.25, 0.3) is 0 Å². The molecule has 0 amide bonds. The maximum absolute atomic E-state index is 11.8. The van der Waals surface area contributed by atoms with E-state index in [1.54, 1.807) is 24.3 Å². The van der Waals surface area contributed by atoms with Crippen molar-refractivity contribution in [3.63, 3.8) is 0 Å². The van der Waals surface area contributed by atoms with Gasteiger partial charge in [0, 0.05) is 18.7 Å². The average molecular weight is 299 g/mol. The van der Waals surface area contributed by atoms with Gasteiger partial charge in [0.2, 0.25) is 0 Å². The Morgan fingerprint density at radius 3 is 2.25 bits per heavy atom. The van der Waals surface area contributed by atoms with Crippen LogP contribution >= 0.6 is 0 Å². The Morgan fingerprint density at radius 1 is 1.40 bits per heavy atom. The molecule has 1 fully saturated rings. The minimum Gasteiger partial charge on any atom is -0.497 e. The number of carboxylic acid groups (broad SMARTS) is 1. The normalized spacial score (nSPS) is 28.9. The van der Waals surface area contributed by atoms with Crippen LogP contribution in [0.2, 0.25) is 0 Å². The van der Waals surface area contributed by atoms with Crippen molar-refractivity contribution in [1.29, 1.82) is 0 Å². The van der Waals surface area contributed by atoms with Crippen LogP contribution in [0, 0.1) is 5.41 Å². The highest BCUT2D eigenvalue weighted by atomic mass is 32.2. The number of nitrogens with two attached hydrogens (primary N) is 1. The Labute approximate surface area is 117 Å². The summed E-state index contributed by atoms with van der Waals surface area (Å²) in [4.78, 5) is 11.5. The third kappa shape index (κ3) is 2.06. The second kappa shape index (κ2) is 4.75. The van der Waals surface area contributed by atoms with Crippen LogP contribution < -0.4 is 10.5 Å². The number of hydrogen-bond acceptors (Lipinski definition) is 5. The van der Waals surface area contributed by atoms with Gasteiger partial charge in [0.1, 0.15) is 11.2 Å². The molecular formula is C13H17NO5S. The van der Waals surface area contributed by atoms with Crippen LogP contribution in [0.15, 0.2) is 24.3 Å². The molecule has 0 unspecified atom stereocenters. The zero-order valence-corrected chi connectivity index (χ0v) is 12.1. The molecule has 0 spiro atoms. The summed E-state index contributed by atoms with van der Waals surface area (Å²) >= 11 is 0. The Hall–Kier alpha value is -1.60. The molecule has 7 heteroatoms. The van der Waals surface area contributed by atoms with Gasteiger partial charge in [-0.3, -0.25) is 4.79 Å². The fourth-order valence-electron chi connectivity index (χ4n) is 2.90. The lowest BCUT2D eigenvalue weighted by atomic mass is 9.99. The molecule has 0 radical (unpaired) electrons. The number of aliphatic carboxylic acids is 1. The van der Waals surface area contributed by atoms with E-state index in [1.807, 2.05) is 0 Å². The number of benzene rings is 1. The molecule has 110 valence electrons. The van der Waals surface area contributed by atoms with Crippen molar-refractivity contribution in [2.24, 2.45) is 11.1 Å². The zero-order valence-electron chi connectivity index (χ0n) is 11.2. The molecule has 2 rings (SSSR count). The average Bonchev–Trinajstić information content (AvgIpc) is 3.09. The largest absolute Gasteiger partial charge is 0.497 e. The minimum atomic E-state index is -3.50. The van der Waals surface area contributed by atoms with E-state index >= 15 is 0 Å². The van der Waals surface area contributed by atoms with Gasteiger partial charge < -0.3 is 15.6 Å². The number of hydrogen-bond donors (Lipinski definition) is 2. The molecule has 0 saturated heterocycles. The van der Waals surface area contributed by atoms with Gasteiger partial charge in [-0.25, -0.2) is 8.42 Å². The van der Waals surface area contributed by atoms with E-state index in [2.05, 4.69) is 0 Å².